The van der Waals surface area contributed by atoms with Crippen LogP contribution < -0.4 is 5.32 Å². The first-order chi connectivity index (χ1) is 9.84. The van der Waals surface area contributed by atoms with Crippen LogP contribution in [0.25, 0.3) is 0 Å². The first-order valence-electron chi connectivity index (χ1n) is 9.26. The van der Waals surface area contributed by atoms with Gasteiger partial charge >= 0.3 is 0 Å². The normalized spacial score (nSPS) is 40.0. The summed E-state index contributed by atoms with van der Waals surface area (Å²) in [6.45, 7) is 1.06. The molecule has 116 valence electrons. The first kappa shape index (κ1) is 14.8. The van der Waals surface area contributed by atoms with Crippen LogP contribution in [-0.2, 0) is 0 Å². The Kier molecular flexibility index (Phi) is 5.39. The Morgan fingerprint density at radius 2 is 1.50 bits per heavy atom. The maximum absolute atomic E-state index is 9.99. The molecule has 2 nitrogen and oxygen atoms in total. The number of hydrogen-bond acceptors (Lipinski definition) is 2. The second-order valence-electron chi connectivity index (χ2n) is 7.62. The molecule has 3 fully saturated rings. The van der Waals surface area contributed by atoms with Crippen LogP contribution in [0.5, 0.6) is 0 Å². The van der Waals surface area contributed by atoms with Crippen molar-refractivity contribution < 1.29 is 5.11 Å². The van der Waals surface area contributed by atoms with Gasteiger partial charge in [-0.25, -0.2) is 0 Å². The fraction of sp³-hybridized carbons (Fsp3) is 1.00. The van der Waals surface area contributed by atoms with Gasteiger partial charge in [0.2, 0.25) is 0 Å². The molecule has 0 amide bonds. The molecule has 3 saturated carbocycles. The SMILES string of the molecule is OC1CCCC1CNC1CCCCC1C1CCCCC1. The third kappa shape index (κ3) is 3.57. The summed E-state index contributed by atoms with van der Waals surface area (Å²) >= 11 is 0. The van der Waals surface area contributed by atoms with E-state index in [1.165, 1.54) is 70.6 Å². The molecular weight excluding hydrogens is 246 g/mol. The highest BCUT2D eigenvalue weighted by Crippen LogP contribution is 2.38. The Labute approximate surface area is 124 Å². The van der Waals surface area contributed by atoms with E-state index in [0.29, 0.717) is 5.92 Å². The quantitative estimate of drug-likeness (QED) is 0.818. The molecule has 0 heterocycles. The van der Waals surface area contributed by atoms with Crippen molar-refractivity contribution in [2.45, 2.75) is 89.2 Å². The van der Waals surface area contributed by atoms with Crippen molar-refractivity contribution in [2.24, 2.45) is 17.8 Å². The van der Waals surface area contributed by atoms with Crippen molar-refractivity contribution in [2.75, 3.05) is 6.54 Å². The zero-order chi connectivity index (χ0) is 13.8. The molecule has 0 radical (unpaired) electrons. The fourth-order valence-corrected chi connectivity index (χ4v) is 5.10. The lowest BCUT2D eigenvalue weighted by atomic mass is 9.71. The van der Waals surface area contributed by atoms with Gasteiger partial charge in [0.25, 0.3) is 0 Å². The molecule has 3 aliphatic carbocycles. The lowest BCUT2D eigenvalue weighted by Gasteiger charge is -2.40. The largest absolute Gasteiger partial charge is 0.393 e. The van der Waals surface area contributed by atoms with Gasteiger partial charge in [0.1, 0.15) is 0 Å². The smallest absolute Gasteiger partial charge is 0.0580 e. The van der Waals surface area contributed by atoms with Crippen molar-refractivity contribution in [3.8, 4) is 0 Å². The second kappa shape index (κ2) is 7.26. The van der Waals surface area contributed by atoms with E-state index in [-0.39, 0.29) is 6.10 Å². The maximum atomic E-state index is 9.99. The molecule has 0 aliphatic heterocycles. The Bertz CT molecular complexity index is 287. The highest BCUT2D eigenvalue weighted by Gasteiger charge is 2.33. The summed E-state index contributed by atoms with van der Waals surface area (Å²) in [4.78, 5) is 0. The molecule has 4 unspecified atom stereocenters. The van der Waals surface area contributed by atoms with Crippen LogP contribution in [0.3, 0.4) is 0 Å². The minimum atomic E-state index is -0.0285. The Morgan fingerprint density at radius 1 is 0.750 bits per heavy atom. The molecule has 3 aliphatic rings. The summed E-state index contributed by atoms with van der Waals surface area (Å²) in [5.74, 6) is 2.46. The monoisotopic (exact) mass is 279 g/mol. The third-order valence-electron chi connectivity index (χ3n) is 6.34. The number of rotatable bonds is 4. The molecule has 0 saturated heterocycles. The summed E-state index contributed by atoms with van der Waals surface area (Å²) in [6.07, 6.45) is 16.5. The number of nitrogens with one attached hydrogen (secondary N) is 1. The van der Waals surface area contributed by atoms with Crippen LogP contribution in [0.15, 0.2) is 0 Å². The average molecular weight is 279 g/mol. The van der Waals surface area contributed by atoms with Crippen LogP contribution in [0, 0.1) is 17.8 Å². The molecular formula is C18H33NO. The van der Waals surface area contributed by atoms with Crippen LogP contribution in [-0.4, -0.2) is 23.8 Å². The van der Waals surface area contributed by atoms with Gasteiger partial charge in [-0.05, 0) is 43.4 Å². The van der Waals surface area contributed by atoms with E-state index in [2.05, 4.69) is 5.32 Å². The topological polar surface area (TPSA) is 32.3 Å². The Morgan fingerprint density at radius 3 is 2.25 bits per heavy atom. The van der Waals surface area contributed by atoms with Gasteiger partial charge in [0, 0.05) is 12.6 Å². The molecule has 0 aromatic heterocycles. The van der Waals surface area contributed by atoms with Crippen molar-refractivity contribution in [3.05, 3.63) is 0 Å². The van der Waals surface area contributed by atoms with Gasteiger partial charge in [-0.1, -0.05) is 51.4 Å². The van der Waals surface area contributed by atoms with Crippen LogP contribution in [0.2, 0.25) is 0 Å². The maximum Gasteiger partial charge on any atom is 0.0580 e. The average Bonchev–Trinajstić information content (AvgIpc) is 2.92. The molecule has 2 N–H and O–H groups in total. The van der Waals surface area contributed by atoms with Gasteiger partial charge in [-0.3, -0.25) is 0 Å². The Hall–Kier alpha value is -0.0800. The van der Waals surface area contributed by atoms with Crippen molar-refractivity contribution in [1.82, 2.24) is 5.32 Å². The zero-order valence-electron chi connectivity index (χ0n) is 13.0. The minimum Gasteiger partial charge on any atom is -0.393 e. The second-order valence-corrected chi connectivity index (χ2v) is 7.62. The predicted octanol–water partition coefficient (Wildman–Crippen LogP) is 3.88. The number of aliphatic hydroxyl groups is 1. The van der Waals surface area contributed by atoms with Crippen LogP contribution in [0.1, 0.15) is 77.0 Å². The van der Waals surface area contributed by atoms with Crippen molar-refractivity contribution >= 4 is 0 Å². The predicted molar refractivity (Wildman–Crippen MR) is 83.7 cm³/mol. The van der Waals surface area contributed by atoms with E-state index >= 15 is 0 Å². The van der Waals surface area contributed by atoms with Gasteiger partial charge in [-0.15, -0.1) is 0 Å². The van der Waals surface area contributed by atoms with E-state index in [0.717, 1.165) is 30.8 Å². The molecule has 3 rings (SSSR count). The standard InChI is InChI=1S/C18H33NO/c20-18-12-6-9-15(18)13-19-17-11-5-4-10-16(17)14-7-2-1-3-8-14/h14-20H,1-13H2. The first-order valence-corrected chi connectivity index (χ1v) is 9.26. The van der Waals surface area contributed by atoms with E-state index in [1.54, 1.807) is 0 Å². The van der Waals surface area contributed by atoms with Crippen molar-refractivity contribution in [3.63, 3.8) is 0 Å². The molecule has 2 heteroatoms. The highest BCUT2D eigenvalue weighted by molar-refractivity contribution is 4.88. The molecule has 0 bridgehead atoms. The summed E-state index contributed by atoms with van der Waals surface area (Å²) < 4.78 is 0. The van der Waals surface area contributed by atoms with Crippen LogP contribution in [0.4, 0.5) is 0 Å². The minimum absolute atomic E-state index is 0.0285. The summed E-state index contributed by atoms with van der Waals surface area (Å²) in [5, 5.41) is 13.9. The van der Waals surface area contributed by atoms with E-state index < -0.39 is 0 Å². The van der Waals surface area contributed by atoms with Gasteiger partial charge in [0.15, 0.2) is 0 Å². The van der Waals surface area contributed by atoms with Gasteiger partial charge in [0.05, 0.1) is 6.10 Å². The van der Waals surface area contributed by atoms with Crippen molar-refractivity contribution in [1.29, 1.82) is 0 Å². The number of aliphatic hydroxyl groups excluding tert-OH is 1. The van der Waals surface area contributed by atoms with Gasteiger partial charge in [-0.2, -0.15) is 0 Å². The molecule has 20 heavy (non-hydrogen) atoms. The van der Waals surface area contributed by atoms with E-state index in [1.807, 2.05) is 0 Å². The summed E-state index contributed by atoms with van der Waals surface area (Å²) in [6, 6.07) is 0.750. The Balaban J connectivity index is 1.52. The highest BCUT2D eigenvalue weighted by atomic mass is 16.3. The fourth-order valence-electron chi connectivity index (χ4n) is 5.10. The summed E-state index contributed by atoms with van der Waals surface area (Å²) in [5.41, 5.74) is 0. The molecule has 0 aromatic rings. The molecule has 0 spiro atoms. The lowest BCUT2D eigenvalue weighted by Crippen LogP contribution is -2.45. The zero-order valence-corrected chi connectivity index (χ0v) is 13.0. The third-order valence-corrected chi connectivity index (χ3v) is 6.34. The summed E-state index contributed by atoms with van der Waals surface area (Å²) in [7, 11) is 0. The van der Waals surface area contributed by atoms with E-state index in [4.69, 9.17) is 0 Å². The molecule has 4 atom stereocenters. The molecule has 0 aromatic carbocycles. The number of hydrogen-bond donors (Lipinski definition) is 2. The lowest BCUT2D eigenvalue weighted by molar-refractivity contribution is 0.113. The van der Waals surface area contributed by atoms with Gasteiger partial charge < -0.3 is 10.4 Å². The van der Waals surface area contributed by atoms with Crippen LogP contribution >= 0.6 is 0 Å². The van der Waals surface area contributed by atoms with E-state index in [9.17, 15) is 5.11 Å².